The number of allylic oxidation sites excluding steroid dienone is 1. The first kappa shape index (κ1) is 18.0. The fraction of sp³-hybridized carbons (Fsp3) is 0.550. The van der Waals surface area contributed by atoms with E-state index >= 15 is 0 Å². The van der Waals surface area contributed by atoms with Gasteiger partial charge in [-0.25, -0.2) is 4.79 Å². The molecule has 0 atom stereocenters. The van der Waals surface area contributed by atoms with Crippen LogP contribution in [0.2, 0.25) is 11.1 Å². The van der Waals surface area contributed by atoms with Crippen LogP contribution in [0.25, 0.3) is 0 Å². The zero-order valence-corrected chi connectivity index (χ0v) is 16.2. The van der Waals surface area contributed by atoms with E-state index in [1.807, 2.05) is 13.0 Å². The third-order valence-corrected chi connectivity index (χ3v) is 12.2. The minimum absolute atomic E-state index is 0.161. The normalized spacial score (nSPS) is 18.8. The van der Waals surface area contributed by atoms with Crippen LogP contribution >= 0.6 is 0 Å². The molecule has 1 aromatic rings. The second kappa shape index (κ2) is 7.48. The maximum Gasteiger partial charge on any atom is 0.330 e. The summed E-state index contributed by atoms with van der Waals surface area (Å²) in [6, 6.07) is 9.97. The molecule has 0 spiro atoms. The molecule has 23 heavy (non-hydrogen) atoms. The first-order chi connectivity index (χ1) is 10.9. The molecule has 0 aliphatic carbocycles. The largest absolute Gasteiger partial charge is 0.463 e. The van der Waals surface area contributed by atoms with E-state index in [1.165, 1.54) is 16.3 Å². The van der Waals surface area contributed by atoms with Crippen molar-refractivity contribution in [2.45, 2.75) is 64.6 Å². The van der Waals surface area contributed by atoms with E-state index < -0.39 is 8.07 Å². The van der Waals surface area contributed by atoms with Crippen LogP contribution in [-0.2, 0) is 22.0 Å². The summed E-state index contributed by atoms with van der Waals surface area (Å²) in [5.41, 5.74) is 4.16. The van der Waals surface area contributed by atoms with Gasteiger partial charge in [-0.2, -0.15) is 0 Å². The van der Waals surface area contributed by atoms with Gasteiger partial charge in [0, 0.05) is 6.08 Å². The lowest BCUT2D eigenvalue weighted by Gasteiger charge is -2.41. The second-order valence-electron chi connectivity index (χ2n) is 7.22. The van der Waals surface area contributed by atoms with Crippen LogP contribution in [0.3, 0.4) is 0 Å². The molecule has 1 aliphatic rings. The molecule has 0 saturated carbocycles. The topological polar surface area (TPSA) is 26.3 Å². The average molecular weight is 331 g/mol. The highest BCUT2D eigenvalue weighted by Crippen LogP contribution is 2.44. The Morgan fingerprint density at radius 1 is 1.13 bits per heavy atom. The lowest BCUT2D eigenvalue weighted by Crippen LogP contribution is -2.46. The molecular weight excluding hydrogens is 300 g/mol. The summed E-state index contributed by atoms with van der Waals surface area (Å²) in [6.45, 7) is 11.7. The third kappa shape index (κ3) is 3.60. The van der Waals surface area contributed by atoms with Gasteiger partial charge in [0.2, 0.25) is 0 Å². The van der Waals surface area contributed by atoms with Crippen molar-refractivity contribution < 1.29 is 9.53 Å². The molecule has 0 saturated heterocycles. The van der Waals surface area contributed by atoms with E-state index in [-0.39, 0.29) is 5.97 Å². The highest BCUT2D eigenvalue weighted by molar-refractivity contribution is 6.88. The van der Waals surface area contributed by atoms with Gasteiger partial charge < -0.3 is 4.74 Å². The van der Waals surface area contributed by atoms with Gasteiger partial charge in [0.15, 0.2) is 0 Å². The Hall–Kier alpha value is -1.35. The number of ether oxygens (including phenoxy) is 1. The molecule has 0 aromatic heterocycles. The Bertz CT molecular complexity index is 579. The van der Waals surface area contributed by atoms with Crippen molar-refractivity contribution in [1.29, 1.82) is 0 Å². The molecule has 3 heteroatoms. The molecule has 0 amide bonds. The third-order valence-electron chi connectivity index (χ3n) is 5.50. The molecule has 1 heterocycles. The summed E-state index contributed by atoms with van der Waals surface area (Å²) in [5, 5.41) is 1.40. The standard InChI is InChI=1S/C20H30O2Si/c1-6-22-20(21)13-19-12-11-17-9-7-8-10-18(17)14-23(19,15(2)3)16(4)5/h7-10,13,15-16H,6,11-12,14H2,1-5H3/b19-13+. The summed E-state index contributed by atoms with van der Waals surface area (Å²) >= 11 is 0. The second-order valence-corrected chi connectivity index (χ2v) is 12.6. The predicted molar refractivity (Wildman–Crippen MR) is 99.1 cm³/mol. The molecule has 2 rings (SSSR count). The van der Waals surface area contributed by atoms with Crippen molar-refractivity contribution in [2.24, 2.45) is 0 Å². The number of fused-ring (bicyclic) bond motifs is 1. The number of rotatable bonds is 4. The van der Waals surface area contributed by atoms with Crippen molar-refractivity contribution in [3.05, 3.63) is 46.7 Å². The molecule has 0 fully saturated rings. The summed E-state index contributed by atoms with van der Waals surface area (Å²) in [5.74, 6) is -0.161. The van der Waals surface area contributed by atoms with Crippen molar-refractivity contribution >= 4 is 14.0 Å². The molecule has 126 valence electrons. The number of hydrogen-bond acceptors (Lipinski definition) is 2. The molecule has 0 unspecified atom stereocenters. The molecule has 1 aliphatic heterocycles. The number of carbonyl (C=O) groups is 1. The lowest BCUT2D eigenvalue weighted by molar-refractivity contribution is -0.137. The quantitative estimate of drug-likeness (QED) is 0.440. The number of esters is 1. The van der Waals surface area contributed by atoms with Gasteiger partial charge in [-0.15, -0.1) is 0 Å². The van der Waals surface area contributed by atoms with Gasteiger partial charge in [0.25, 0.3) is 0 Å². The van der Waals surface area contributed by atoms with Crippen molar-refractivity contribution in [2.75, 3.05) is 6.61 Å². The van der Waals surface area contributed by atoms with Crippen LogP contribution in [0, 0.1) is 0 Å². The summed E-state index contributed by atoms with van der Waals surface area (Å²) in [4.78, 5) is 12.2. The summed E-state index contributed by atoms with van der Waals surface area (Å²) < 4.78 is 5.22. The highest BCUT2D eigenvalue weighted by atomic mass is 28.3. The SMILES string of the molecule is CCOC(=O)/C=C1\CCc2ccccc2C[Si]1(C(C)C)C(C)C. The van der Waals surface area contributed by atoms with Gasteiger partial charge in [-0.05, 0) is 48.0 Å². The maximum absolute atomic E-state index is 12.2. The Morgan fingerprint density at radius 3 is 2.30 bits per heavy atom. The Morgan fingerprint density at radius 2 is 1.74 bits per heavy atom. The fourth-order valence-electron chi connectivity index (χ4n) is 4.25. The van der Waals surface area contributed by atoms with Crippen LogP contribution in [0.4, 0.5) is 0 Å². The zero-order valence-electron chi connectivity index (χ0n) is 15.2. The number of benzene rings is 1. The van der Waals surface area contributed by atoms with E-state index in [0.29, 0.717) is 17.7 Å². The average Bonchev–Trinajstić information content (AvgIpc) is 2.65. The number of aryl methyl sites for hydroxylation is 1. The van der Waals surface area contributed by atoms with Gasteiger partial charge in [0.1, 0.15) is 0 Å². The van der Waals surface area contributed by atoms with E-state index in [2.05, 4.69) is 52.0 Å². The monoisotopic (exact) mass is 330 g/mol. The predicted octanol–water partition coefficient (Wildman–Crippen LogP) is 5.01. The van der Waals surface area contributed by atoms with Crippen molar-refractivity contribution in [1.82, 2.24) is 0 Å². The Labute approximate surface area is 142 Å². The van der Waals surface area contributed by atoms with Crippen LogP contribution < -0.4 is 0 Å². The minimum atomic E-state index is -1.80. The van der Waals surface area contributed by atoms with Gasteiger partial charge in [-0.3, -0.25) is 0 Å². The summed E-state index contributed by atoms with van der Waals surface area (Å²) in [6.07, 6.45) is 3.88. The molecule has 2 nitrogen and oxygen atoms in total. The van der Waals surface area contributed by atoms with Gasteiger partial charge in [0.05, 0.1) is 14.7 Å². The molecule has 1 aromatic carbocycles. The molecular formula is C20H30O2Si. The number of hydrogen-bond donors (Lipinski definition) is 0. The van der Waals surface area contributed by atoms with Crippen LogP contribution in [0.5, 0.6) is 0 Å². The van der Waals surface area contributed by atoms with Crippen LogP contribution in [0.1, 0.15) is 52.2 Å². The first-order valence-corrected chi connectivity index (χ1v) is 11.2. The minimum Gasteiger partial charge on any atom is -0.463 e. The molecule has 0 N–H and O–H groups in total. The smallest absolute Gasteiger partial charge is 0.330 e. The number of carbonyl (C=O) groups excluding carboxylic acids is 1. The van der Waals surface area contributed by atoms with E-state index in [4.69, 9.17) is 4.74 Å². The van der Waals surface area contributed by atoms with Gasteiger partial charge >= 0.3 is 5.97 Å². The highest BCUT2D eigenvalue weighted by Gasteiger charge is 2.44. The molecule has 0 radical (unpaired) electrons. The van der Waals surface area contributed by atoms with E-state index in [9.17, 15) is 4.79 Å². The Kier molecular flexibility index (Phi) is 5.85. The van der Waals surface area contributed by atoms with Crippen LogP contribution in [-0.4, -0.2) is 20.7 Å². The lowest BCUT2D eigenvalue weighted by atomic mass is 10.0. The van der Waals surface area contributed by atoms with Crippen molar-refractivity contribution in [3.8, 4) is 0 Å². The first-order valence-electron chi connectivity index (χ1n) is 8.86. The summed E-state index contributed by atoms with van der Waals surface area (Å²) in [7, 11) is -1.80. The Balaban J connectivity index is 2.54. The van der Waals surface area contributed by atoms with E-state index in [0.717, 1.165) is 18.9 Å². The van der Waals surface area contributed by atoms with E-state index in [1.54, 1.807) is 0 Å². The van der Waals surface area contributed by atoms with Crippen molar-refractivity contribution in [3.63, 3.8) is 0 Å². The zero-order chi connectivity index (χ0) is 17.0. The molecule has 0 bridgehead atoms. The van der Waals surface area contributed by atoms with Crippen LogP contribution in [0.15, 0.2) is 35.5 Å². The fourth-order valence-corrected chi connectivity index (χ4v) is 10.1. The maximum atomic E-state index is 12.2. The van der Waals surface area contributed by atoms with Gasteiger partial charge in [-0.1, -0.05) is 57.2 Å².